The third kappa shape index (κ3) is 6.49. The van der Waals surface area contributed by atoms with Crippen molar-refractivity contribution in [2.75, 3.05) is 27.3 Å². The van der Waals surface area contributed by atoms with Crippen LogP contribution in [0.5, 0.6) is 5.75 Å². The zero-order valence-corrected chi connectivity index (χ0v) is 15.2. The summed E-state index contributed by atoms with van der Waals surface area (Å²) in [7, 11) is 3.12. The predicted octanol–water partition coefficient (Wildman–Crippen LogP) is 2.99. The Morgan fingerprint density at radius 1 is 1.04 bits per heavy atom. The van der Waals surface area contributed by atoms with Crippen LogP contribution in [-0.2, 0) is 17.9 Å². The molecule has 0 aliphatic rings. The highest BCUT2D eigenvalue weighted by Crippen LogP contribution is 2.17. The van der Waals surface area contributed by atoms with Crippen LogP contribution >= 0.6 is 0 Å². The molecule has 27 heavy (non-hydrogen) atoms. The highest BCUT2D eigenvalue weighted by atomic mass is 19.1. The topological polar surface area (TPSA) is 54.9 Å². The fourth-order valence-electron chi connectivity index (χ4n) is 2.33. The van der Waals surface area contributed by atoms with Gasteiger partial charge in [-0.25, -0.2) is 13.2 Å². The number of benzene rings is 2. The van der Waals surface area contributed by atoms with Crippen LogP contribution in [0.1, 0.15) is 11.1 Å². The molecular weight excluding hydrogens is 359 g/mol. The maximum Gasteiger partial charge on any atom is 0.191 e. The van der Waals surface area contributed by atoms with E-state index >= 15 is 0 Å². The van der Waals surface area contributed by atoms with Gasteiger partial charge in [0.25, 0.3) is 0 Å². The third-order valence-electron chi connectivity index (χ3n) is 3.64. The van der Waals surface area contributed by atoms with Crippen LogP contribution in [0, 0.1) is 17.5 Å². The molecule has 0 aromatic heterocycles. The number of guanidine groups is 1. The largest absolute Gasteiger partial charge is 0.489 e. The van der Waals surface area contributed by atoms with Gasteiger partial charge in [0.1, 0.15) is 18.2 Å². The molecule has 0 saturated heterocycles. The van der Waals surface area contributed by atoms with Crippen molar-refractivity contribution in [1.29, 1.82) is 0 Å². The Kier molecular flexibility index (Phi) is 7.94. The molecule has 0 unspecified atom stereocenters. The average molecular weight is 381 g/mol. The van der Waals surface area contributed by atoms with Gasteiger partial charge in [0, 0.05) is 32.3 Å². The van der Waals surface area contributed by atoms with E-state index in [0.29, 0.717) is 24.6 Å². The molecule has 0 radical (unpaired) electrons. The van der Waals surface area contributed by atoms with Crippen LogP contribution in [0.25, 0.3) is 0 Å². The molecule has 0 amide bonds. The van der Waals surface area contributed by atoms with Gasteiger partial charge in [-0.3, -0.25) is 4.99 Å². The second kappa shape index (κ2) is 10.4. The molecule has 0 spiro atoms. The van der Waals surface area contributed by atoms with E-state index in [2.05, 4.69) is 15.6 Å². The maximum atomic E-state index is 13.6. The summed E-state index contributed by atoms with van der Waals surface area (Å²) >= 11 is 0. The Morgan fingerprint density at radius 2 is 1.85 bits per heavy atom. The third-order valence-corrected chi connectivity index (χ3v) is 3.64. The Hall–Kier alpha value is -2.74. The lowest BCUT2D eigenvalue weighted by atomic mass is 10.1. The quantitative estimate of drug-likeness (QED) is 0.419. The van der Waals surface area contributed by atoms with E-state index < -0.39 is 11.6 Å². The first-order valence-electron chi connectivity index (χ1n) is 8.32. The number of ether oxygens (including phenoxy) is 2. The van der Waals surface area contributed by atoms with Crippen LogP contribution in [0.15, 0.2) is 41.4 Å². The van der Waals surface area contributed by atoms with Gasteiger partial charge in [0.05, 0.1) is 13.2 Å². The molecule has 0 aliphatic heterocycles. The summed E-state index contributed by atoms with van der Waals surface area (Å²) in [6.45, 7) is 1.15. The van der Waals surface area contributed by atoms with Gasteiger partial charge in [0.2, 0.25) is 0 Å². The number of nitrogens with zero attached hydrogens (tertiary/aromatic N) is 1. The molecule has 2 aromatic carbocycles. The van der Waals surface area contributed by atoms with Crippen molar-refractivity contribution in [3.8, 4) is 5.75 Å². The summed E-state index contributed by atoms with van der Waals surface area (Å²) in [6.07, 6.45) is 0. The van der Waals surface area contributed by atoms with Crippen LogP contribution in [0.2, 0.25) is 0 Å². The van der Waals surface area contributed by atoms with Crippen molar-refractivity contribution < 1.29 is 22.6 Å². The lowest BCUT2D eigenvalue weighted by Gasteiger charge is -2.13. The molecule has 0 atom stereocenters. The van der Waals surface area contributed by atoms with Crippen LogP contribution in [-0.4, -0.2) is 33.3 Å². The van der Waals surface area contributed by atoms with Gasteiger partial charge in [-0.15, -0.1) is 0 Å². The number of aliphatic imine (C=N–C) groups is 1. The molecule has 0 fully saturated rings. The number of hydrogen-bond donors (Lipinski definition) is 2. The van der Waals surface area contributed by atoms with Gasteiger partial charge in [-0.05, 0) is 29.8 Å². The summed E-state index contributed by atoms with van der Waals surface area (Å²) in [4.78, 5) is 4.07. The number of methoxy groups -OCH3 is 1. The Labute approximate surface area is 156 Å². The Morgan fingerprint density at radius 3 is 2.56 bits per heavy atom. The van der Waals surface area contributed by atoms with E-state index in [0.717, 1.165) is 17.7 Å². The van der Waals surface area contributed by atoms with Gasteiger partial charge in [-0.1, -0.05) is 6.07 Å². The highest BCUT2D eigenvalue weighted by Gasteiger charge is 2.06. The van der Waals surface area contributed by atoms with Gasteiger partial charge in [-0.2, -0.15) is 0 Å². The fraction of sp³-hybridized carbons (Fsp3) is 0.316. The van der Waals surface area contributed by atoms with Crippen molar-refractivity contribution in [2.45, 2.75) is 13.2 Å². The smallest absolute Gasteiger partial charge is 0.191 e. The monoisotopic (exact) mass is 381 g/mol. The molecule has 2 aromatic rings. The number of nitrogens with one attached hydrogen (secondary N) is 2. The maximum absolute atomic E-state index is 13.6. The van der Waals surface area contributed by atoms with E-state index in [9.17, 15) is 13.2 Å². The molecule has 5 nitrogen and oxygen atoms in total. The Balaban J connectivity index is 1.78. The van der Waals surface area contributed by atoms with Crippen LogP contribution < -0.4 is 15.4 Å². The van der Waals surface area contributed by atoms with Crippen molar-refractivity contribution >= 4 is 5.96 Å². The molecular formula is C19H22F3N3O2. The average Bonchev–Trinajstić information content (AvgIpc) is 2.65. The highest BCUT2D eigenvalue weighted by molar-refractivity contribution is 5.79. The van der Waals surface area contributed by atoms with Crippen molar-refractivity contribution in [3.05, 3.63) is 65.0 Å². The first kappa shape index (κ1) is 20.6. The number of rotatable bonds is 8. The molecule has 2 N–H and O–H groups in total. The van der Waals surface area contributed by atoms with Crippen molar-refractivity contribution in [2.24, 2.45) is 4.99 Å². The summed E-state index contributed by atoms with van der Waals surface area (Å²) in [6, 6.07) is 7.93. The van der Waals surface area contributed by atoms with Crippen LogP contribution in [0.3, 0.4) is 0 Å². The predicted molar refractivity (Wildman–Crippen MR) is 97.2 cm³/mol. The zero-order valence-electron chi connectivity index (χ0n) is 15.2. The summed E-state index contributed by atoms with van der Waals surface area (Å²) < 4.78 is 50.2. The van der Waals surface area contributed by atoms with Gasteiger partial charge < -0.3 is 20.1 Å². The van der Waals surface area contributed by atoms with Crippen LogP contribution in [0.4, 0.5) is 13.2 Å². The normalized spacial score (nSPS) is 11.4. The SMILES string of the molecule is CN=C(NCCOc1ccc(F)cc1F)NCc1ccc(F)c(COC)c1. The van der Waals surface area contributed by atoms with E-state index in [1.54, 1.807) is 19.2 Å². The summed E-state index contributed by atoms with van der Waals surface area (Å²) in [5, 5.41) is 6.10. The first-order chi connectivity index (χ1) is 13.0. The molecule has 0 saturated carbocycles. The second-order valence-corrected chi connectivity index (χ2v) is 5.63. The van der Waals surface area contributed by atoms with E-state index in [4.69, 9.17) is 9.47 Å². The molecule has 0 heterocycles. The molecule has 0 aliphatic carbocycles. The van der Waals surface area contributed by atoms with Crippen molar-refractivity contribution in [1.82, 2.24) is 10.6 Å². The van der Waals surface area contributed by atoms with Gasteiger partial charge >= 0.3 is 0 Å². The number of halogens is 3. The standard InChI is InChI=1S/C19H22F3N3O2/c1-23-19(24-7-8-27-18-6-4-15(20)10-17(18)22)25-11-13-3-5-16(21)14(9-13)12-26-2/h3-6,9-10H,7-8,11-12H2,1-2H3,(H2,23,24,25). The summed E-state index contributed by atoms with van der Waals surface area (Å²) in [5.41, 5.74) is 1.35. The van der Waals surface area contributed by atoms with E-state index in [1.165, 1.54) is 19.2 Å². The minimum Gasteiger partial charge on any atom is -0.489 e. The van der Waals surface area contributed by atoms with Crippen molar-refractivity contribution in [3.63, 3.8) is 0 Å². The lowest BCUT2D eigenvalue weighted by molar-refractivity contribution is 0.181. The van der Waals surface area contributed by atoms with E-state index in [-0.39, 0.29) is 24.8 Å². The van der Waals surface area contributed by atoms with E-state index in [1.807, 2.05) is 0 Å². The summed E-state index contributed by atoms with van der Waals surface area (Å²) in [5.74, 6) is -1.22. The second-order valence-electron chi connectivity index (χ2n) is 5.63. The molecule has 8 heteroatoms. The molecule has 146 valence electrons. The first-order valence-corrected chi connectivity index (χ1v) is 8.32. The van der Waals surface area contributed by atoms with Gasteiger partial charge in [0.15, 0.2) is 17.5 Å². The fourth-order valence-corrected chi connectivity index (χ4v) is 2.33. The molecule has 0 bridgehead atoms. The minimum atomic E-state index is -0.749. The number of hydrogen-bond acceptors (Lipinski definition) is 3. The minimum absolute atomic E-state index is 0.0156. The lowest BCUT2D eigenvalue weighted by Crippen LogP contribution is -2.38. The molecule has 2 rings (SSSR count). The zero-order chi connectivity index (χ0) is 19.6. The Bertz CT molecular complexity index is 785.